The van der Waals surface area contributed by atoms with E-state index in [1.807, 2.05) is 0 Å². The summed E-state index contributed by atoms with van der Waals surface area (Å²) in [6.45, 7) is 2.38. The summed E-state index contributed by atoms with van der Waals surface area (Å²) in [4.78, 5) is 0. The Morgan fingerprint density at radius 2 is 2.05 bits per heavy atom. The Balaban J connectivity index is 1.43. The van der Waals surface area contributed by atoms with E-state index in [4.69, 9.17) is 9.47 Å². The molecule has 0 aromatic heterocycles. The number of rotatable bonds is 2. The zero-order valence-corrected chi connectivity index (χ0v) is 11.7. The molecule has 108 valence electrons. The molecule has 6 unspecified atom stereocenters. The van der Waals surface area contributed by atoms with E-state index in [-0.39, 0.29) is 11.7 Å². The zero-order chi connectivity index (χ0) is 12.9. The number of fused-ring (bicyclic) bond motifs is 2. The van der Waals surface area contributed by atoms with Crippen LogP contribution in [0.1, 0.15) is 44.9 Å². The van der Waals surface area contributed by atoms with Gasteiger partial charge in [-0.05, 0) is 55.8 Å². The van der Waals surface area contributed by atoms with Crippen LogP contribution in [0.5, 0.6) is 0 Å². The second kappa shape index (κ2) is 4.71. The molecule has 19 heavy (non-hydrogen) atoms. The predicted molar refractivity (Wildman–Crippen MR) is 71.8 cm³/mol. The SMILES string of the molecule is OC(C1CCOC2(CCOC2)C1)C1CC2CCC1C2. The highest BCUT2D eigenvalue weighted by atomic mass is 16.6. The van der Waals surface area contributed by atoms with Crippen LogP contribution >= 0.6 is 0 Å². The minimum Gasteiger partial charge on any atom is -0.393 e. The summed E-state index contributed by atoms with van der Waals surface area (Å²) in [5.41, 5.74) is -0.0541. The lowest BCUT2D eigenvalue weighted by molar-refractivity contribution is -0.126. The minimum atomic E-state index is -0.0864. The van der Waals surface area contributed by atoms with E-state index < -0.39 is 0 Å². The molecule has 3 nitrogen and oxygen atoms in total. The first-order chi connectivity index (χ1) is 9.26. The number of aliphatic hydroxyl groups is 1. The molecule has 0 aromatic carbocycles. The van der Waals surface area contributed by atoms with Crippen molar-refractivity contribution in [1.82, 2.24) is 0 Å². The van der Waals surface area contributed by atoms with Crippen LogP contribution in [0.25, 0.3) is 0 Å². The van der Waals surface area contributed by atoms with Gasteiger partial charge in [-0.25, -0.2) is 0 Å². The van der Waals surface area contributed by atoms with Crippen molar-refractivity contribution in [2.75, 3.05) is 19.8 Å². The molecule has 4 rings (SSSR count). The molecule has 0 radical (unpaired) electrons. The average Bonchev–Trinajstić information content (AvgIpc) is 3.14. The van der Waals surface area contributed by atoms with Gasteiger partial charge >= 0.3 is 0 Å². The van der Waals surface area contributed by atoms with Crippen molar-refractivity contribution < 1.29 is 14.6 Å². The van der Waals surface area contributed by atoms with Gasteiger partial charge in [0.15, 0.2) is 0 Å². The highest BCUT2D eigenvalue weighted by Crippen LogP contribution is 2.52. The van der Waals surface area contributed by atoms with Gasteiger partial charge in [-0.1, -0.05) is 6.42 Å². The van der Waals surface area contributed by atoms with Gasteiger partial charge in [0, 0.05) is 19.6 Å². The molecule has 0 aromatic rings. The first kappa shape index (κ1) is 12.6. The van der Waals surface area contributed by atoms with Crippen molar-refractivity contribution in [3.63, 3.8) is 0 Å². The van der Waals surface area contributed by atoms with Crippen molar-refractivity contribution in [3.05, 3.63) is 0 Å². The zero-order valence-electron chi connectivity index (χ0n) is 11.7. The molecule has 2 aliphatic heterocycles. The first-order valence-electron chi connectivity index (χ1n) is 8.15. The molecule has 2 aliphatic carbocycles. The second-order valence-corrected chi connectivity index (χ2v) is 7.42. The lowest BCUT2D eigenvalue weighted by Crippen LogP contribution is -2.45. The highest BCUT2D eigenvalue weighted by molar-refractivity contribution is 4.98. The Bertz CT molecular complexity index is 337. The fourth-order valence-corrected chi connectivity index (χ4v) is 5.28. The normalized spacial score (nSPS) is 51.0. The summed E-state index contributed by atoms with van der Waals surface area (Å²) in [7, 11) is 0. The Kier molecular flexibility index (Phi) is 3.13. The van der Waals surface area contributed by atoms with Crippen molar-refractivity contribution in [1.29, 1.82) is 0 Å². The molecule has 4 fully saturated rings. The van der Waals surface area contributed by atoms with E-state index in [0.29, 0.717) is 11.8 Å². The smallest absolute Gasteiger partial charge is 0.0940 e. The molecule has 2 saturated heterocycles. The maximum Gasteiger partial charge on any atom is 0.0940 e. The van der Waals surface area contributed by atoms with Crippen molar-refractivity contribution >= 4 is 0 Å². The lowest BCUT2D eigenvalue weighted by Gasteiger charge is -2.41. The summed E-state index contributed by atoms with van der Waals surface area (Å²) >= 11 is 0. The number of hydrogen-bond donors (Lipinski definition) is 1. The van der Waals surface area contributed by atoms with Crippen LogP contribution in [-0.2, 0) is 9.47 Å². The molecule has 2 saturated carbocycles. The molecule has 6 atom stereocenters. The molecule has 1 N–H and O–H groups in total. The van der Waals surface area contributed by atoms with Crippen LogP contribution in [0.15, 0.2) is 0 Å². The van der Waals surface area contributed by atoms with E-state index in [2.05, 4.69) is 0 Å². The third kappa shape index (κ3) is 2.14. The molecule has 0 amide bonds. The van der Waals surface area contributed by atoms with Gasteiger partial charge < -0.3 is 14.6 Å². The standard InChI is InChI=1S/C16H26O3/c17-15(14-8-11-1-2-12(14)7-11)13-3-5-19-16(9-13)4-6-18-10-16/h11-15,17H,1-10H2. The molecular weight excluding hydrogens is 240 g/mol. The largest absolute Gasteiger partial charge is 0.393 e. The summed E-state index contributed by atoms with van der Waals surface area (Å²) in [6.07, 6.45) is 8.44. The first-order valence-corrected chi connectivity index (χ1v) is 8.15. The van der Waals surface area contributed by atoms with Crippen LogP contribution < -0.4 is 0 Å². The lowest BCUT2D eigenvalue weighted by atomic mass is 9.74. The number of ether oxygens (including phenoxy) is 2. The Morgan fingerprint density at radius 1 is 1.11 bits per heavy atom. The minimum absolute atomic E-state index is 0.0541. The van der Waals surface area contributed by atoms with Gasteiger partial charge in [0.2, 0.25) is 0 Å². The Hall–Kier alpha value is -0.120. The van der Waals surface area contributed by atoms with Gasteiger partial charge in [-0.3, -0.25) is 0 Å². The molecule has 1 spiro atoms. The summed E-state index contributed by atoms with van der Waals surface area (Å²) < 4.78 is 11.5. The van der Waals surface area contributed by atoms with Gasteiger partial charge in [-0.15, -0.1) is 0 Å². The predicted octanol–water partition coefficient (Wildman–Crippen LogP) is 2.37. The van der Waals surface area contributed by atoms with Crippen LogP contribution in [0.4, 0.5) is 0 Å². The second-order valence-electron chi connectivity index (χ2n) is 7.42. The van der Waals surface area contributed by atoms with Crippen LogP contribution in [0.2, 0.25) is 0 Å². The third-order valence-corrected chi connectivity index (χ3v) is 6.31. The van der Waals surface area contributed by atoms with Gasteiger partial charge in [0.1, 0.15) is 0 Å². The van der Waals surface area contributed by atoms with E-state index in [9.17, 15) is 5.11 Å². The fourth-order valence-electron chi connectivity index (χ4n) is 5.28. The fraction of sp³-hybridized carbons (Fsp3) is 1.00. The van der Waals surface area contributed by atoms with Gasteiger partial charge in [0.05, 0.1) is 18.3 Å². The van der Waals surface area contributed by atoms with Crippen molar-refractivity contribution in [3.8, 4) is 0 Å². The quantitative estimate of drug-likeness (QED) is 0.834. The molecular formula is C16H26O3. The van der Waals surface area contributed by atoms with Gasteiger partial charge in [0.25, 0.3) is 0 Å². The van der Waals surface area contributed by atoms with Crippen LogP contribution in [0, 0.1) is 23.7 Å². The van der Waals surface area contributed by atoms with Gasteiger partial charge in [-0.2, -0.15) is 0 Å². The summed E-state index contributed by atoms with van der Waals surface area (Å²) in [5.74, 6) is 2.77. The maximum atomic E-state index is 10.8. The van der Waals surface area contributed by atoms with E-state index in [1.165, 1.54) is 25.7 Å². The maximum absolute atomic E-state index is 10.8. The molecule has 2 bridgehead atoms. The summed E-state index contributed by atoms with van der Waals surface area (Å²) in [6, 6.07) is 0. The van der Waals surface area contributed by atoms with Crippen molar-refractivity contribution in [2.24, 2.45) is 23.7 Å². The number of aliphatic hydroxyl groups excluding tert-OH is 1. The van der Waals surface area contributed by atoms with E-state index in [0.717, 1.165) is 50.9 Å². The van der Waals surface area contributed by atoms with E-state index in [1.54, 1.807) is 0 Å². The summed E-state index contributed by atoms with van der Waals surface area (Å²) in [5, 5.41) is 10.8. The number of hydrogen-bond acceptors (Lipinski definition) is 3. The topological polar surface area (TPSA) is 38.7 Å². The van der Waals surface area contributed by atoms with Crippen LogP contribution in [-0.4, -0.2) is 36.6 Å². The Labute approximate surface area is 115 Å². The molecule has 2 heterocycles. The van der Waals surface area contributed by atoms with E-state index >= 15 is 0 Å². The monoisotopic (exact) mass is 266 g/mol. The molecule has 4 aliphatic rings. The average molecular weight is 266 g/mol. The third-order valence-electron chi connectivity index (χ3n) is 6.31. The highest BCUT2D eigenvalue weighted by Gasteiger charge is 2.48. The van der Waals surface area contributed by atoms with Crippen LogP contribution in [0.3, 0.4) is 0 Å². The van der Waals surface area contributed by atoms with Crippen molar-refractivity contribution in [2.45, 2.75) is 56.7 Å². The molecule has 3 heteroatoms. The Morgan fingerprint density at radius 3 is 2.74 bits per heavy atom.